The SMILES string of the molecule is CCCC(NC(C)C(=O)NCc1ccccc1C)C(=O)O. The monoisotopic (exact) mass is 292 g/mol. The summed E-state index contributed by atoms with van der Waals surface area (Å²) in [5.41, 5.74) is 2.18. The number of amides is 1. The lowest BCUT2D eigenvalue weighted by Gasteiger charge is -2.19. The molecule has 0 bridgehead atoms. The number of aliphatic carboxylic acids is 1. The smallest absolute Gasteiger partial charge is 0.320 e. The van der Waals surface area contributed by atoms with Crippen molar-refractivity contribution in [2.24, 2.45) is 0 Å². The lowest BCUT2D eigenvalue weighted by Crippen LogP contribution is -2.49. The number of benzene rings is 1. The van der Waals surface area contributed by atoms with Crippen molar-refractivity contribution in [3.05, 3.63) is 35.4 Å². The molecule has 0 saturated carbocycles. The Balaban J connectivity index is 2.51. The summed E-state index contributed by atoms with van der Waals surface area (Å²) in [6.45, 7) is 6.03. The van der Waals surface area contributed by atoms with Gasteiger partial charge in [-0.2, -0.15) is 0 Å². The second-order valence-corrected chi connectivity index (χ2v) is 5.21. The van der Waals surface area contributed by atoms with Crippen LogP contribution in [0.4, 0.5) is 0 Å². The third-order valence-corrected chi connectivity index (χ3v) is 3.43. The highest BCUT2D eigenvalue weighted by atomic mass is 16.4. The summed E-state index contributed by atoms with van der Waals surface area (Å²) >= 11 is 0. The minimum Gasteiger partial charge on any atom is -0.480 e. The molecule has 0 radical (unpaired) electrons. The number of carboxylic acids is 1. The Morgan fingerprint density at radius 2 is 1.95 bits per heavy atom. The fourth-order valence-corrected chi connectivity index (χ4v) is 2.09. The molecule has 0 aromatic heterocycles. The van der Waals surface area contributed by atoms with Gasteiger partial charge < -0.3 is 10.4 Å². The lowest BCUT2D eigenvalue weighted by atomic mass is 10.1. The first-order valence-electron chi connectivity index (χ1n) is 7.26. The van der Waals surface area contributed by atoms with Gasteiger partial charge in [0.05, 0.1) is 6.04 Å². The molecule has 2 atom stereocenters. The van der Waals surface area contributed by atoms with Crippen molar-refractivity contribution in [3.63, 3.8) is 0 Å². The van der Waals surface area contributed by atoms with Crippen LogP contribution in [0, 0.1) is 6.92 Å². The van der Waals surface area contributed by atoms with E-state index in [-0.39, 0.29) is 5.91 Å². The fourth-order valence-electron chi connectivity index (χ4n) is 2.09. The molecule has 5 heteroatoms. The maximum atomic E-state index is 12.0. The summed E-state index contributed by atoms with van der Waals surface area (Å²) in [5, 5.41) is 14.8. The van der Waals surface area contributed by atoms with Crippen LogP contribution in [0.5, 0.6) is 0 Å². The first-order valence-corrected chi connectivity index (χ1v) is 7.26. The molecule has 21 heavy (non-hydrogen) atoms. The molecule has 0 aliphatic rings. The van der Waals surface area contributed by atoms with Gasteiger partial charge in [0.15, 0.2) is 0 Å². The molecule has 0 heterocycles. The largest absolute Gasteiger partial charge is 0.480 e. The summed E-state index contributed by atoms with van der Waals surface area (Å²) in [6, 6.07) is 6.61. The van der Waals surface area contributed by atoms with Gasteiger partial charge >= 0.3 is 5.97 Å². The molecule has 0 aliphatic carbocycles. The van der Waals surface area contributed by atoms with Crippen molar-refractivity contribution >= 4 is 11.9 Å². The Bertz CT molecular complexity index is 488. The maximum Gasteiger partial charge on any atom is 0.320 e. The molecule has 1 rings (SSSR count). The van der Waals surface area contributed by atoms with Gasteiger partial charge in [0.25, 0.3) is 0 Å². The second kappa shape index (κ2) is 8.42. The van der Waals surface area contributed by atoms with Gasteiger partial charge in [-0.25, -0.2) is 0 Å². The Morgan fingerprint density at radius 3 is 2.52 bits per heavy atom. The average Bonchev–Trinajstić information content (AvgIpc) is 2.45. The summed E-state index contributed by atoms with van der Waals surface area (Å²) in [6.07, 6.45) is 1.26. The number of hydrogen-bond donors (Lipinski definition) is 3. The predicted octanol–water partition coefficient (Wildman–Crippen LogP) is 1.84. The van der Waals surface area contributed by atoms with Crippen LogP contribution < -0.4 is 10.6 Å². The highest BCUT2D eigenvalue weighted by Gasteiger charge is 2.22. The minimum absolute atomic E-state index is 0.194. The van der Waals surface area contributed by atoms with E-state index in [9.17, 15) is 9.59 Å². The molecule has 1 aromatic rings. The van der Waals surface area contributed by atoms with Crippen LogP contribution in [0.1, 0.15) is 37.8 Å². The molecule has 116 valence electrons. The van der Waals surface area contributed by atoms with Crippen molar-refractivity contribution in [2.45, 2.75) is 52.2 Å². The fraction of sp³-hybridized carbons (Fsp3) is 0.500. The lowest BCUT2D eigenvalue weighted by molar-refractivity contribution is -0.140. The summed E-state index contributed by atoms with van der Waals surface area (Å²) in [7, 11) is 0. The van der Waals surface area contributed by atoms with Crippen LogP contribution in [0.3, 0.4) is 0 Å². The van der Waals surface area contributed by atoms with E-state index in [0.717, 1.165) is 17.5 Å². The zero-order chi connectivity index (χ0) is 15.8. The van der Waals surface area contributed by atoms with Gasteiger partial charge in [0, 0.05) is 6.54 Å². The zero-order valence-corrected chi connectivity index (χ0v) is 12.8. The molecular formula is C16H24N2O3. The second-order valence-electron chi connectivity index (χ2n) is 5.21. The Morgan fingerprint density at radius 1 is 1.29 bits per heavy atom. The first-order chi connectivity index (χ1) is 9.95. The summed E-state index contributed by atoms with van der Waals surface area (Å²) in [5.74, 6) is -1.11. The van der Waals surface area contributed by atoms with E-state index in [1.54, 1.807) is 6.92 Å². The zero-order valence-electron chi connectivity index (χ0n) is 12.8. The number of carboxylic acid groups (broad SMARTS) is 1. The molecule has 2 unspecified atom stereocenters. The first kappa shape index (κ1) is 17.2. The molecule has 5 nitrogen and oxygen atoms in total. The molecule has 0 saturated heterocycles. The Hall–Kier alpha value is -1.88. The minimum atomic E-state index is -0.921. The maximum absolute atomic E-state index is 12.0. The Kier molecular flexibility index (Phi) is 6.88. The highest BCUT2D eigenvalue weighted by molar-refractivity contribution is 5.82. The van der Waals surface area contributed by atoms with Crippen molar-refractivity contribution < 1.29 is 14.7 Å². The van der Waals surface area contributed by atoms with E-state index in [1.807, 2.05) is 38.1 Å². The Labute approximate surface area is 125 Å². The number of carbonyl (C=O) groups is 2. The van der Waals surface area contributed by atoms with Crippen LogP contribution in [0.25, 0.3) is 0 Å². The number of hydrogen-bond acceptors (Lipinski definition) is 3. The van der Waals surface area contributed by atoms with Crippen molar-refractivity contribution in [1.82, 2.24) is 10.6 Å². The highest BCUT2D eigenvalue weighted by Crippen LogP contribution is 2.06. The normalized spacial score (nSPS) is 13.5. The van der Waals surface area contributed by atoms with E-state index in [0.29, 0.717) is 13.0 Å². The molecule has 3 N–H and O–H groups in total. The average molecular weight is 292 g/mol. The number of carbonyl (C=O) groups excluding carboxylic acids is 1. The van der Waals surface area contributed by atoms with Gasteiger partial charge in [0.2, 0.25) is 5.91 Å². The summed E-state index contributed by atoms with van der Waals surface area (Å²) < 4.78 is 0. The van der Waals surface area contributed by atoms with E-state index < -0.39 is 18.1 Å². The van der Waals surface area contributed by atoms with Gasteiger partial charge in [-0.3, -0.25) is 14.9 Å². The van der Waals surface area contributed by atoms with Crippen molar-refractivity contribution in [2.75, 3.05) is 0 Å². The van der Waals surface area contributed by atoms with Gasteiger partial charge in [-0.15, -0.1) is 0 Å². The van der Waals surface area contributed by atoms with Crippen LogP contribution >= 0.6 is 0 Å². The van der Waals surface area contributed by atoms with Gasteiger partial charge in [-0.05, 0) is 31.4 Å². The van der Waals surface area contributed by atoms with Gasteiger partial charge in [0.1, 0.15) is 6.04 Å². The molecule has 0 fully saturated rings. The van der Waals surface area contributed by atoms with Crippen molar-refractivity contribution in [1.29, 1.82) is 0 Å². The van der Waals surface area contributed by atoms with Crippen LogP contribution in [0.15, 0.2) is 24.3 Å². The molecule has 0 spiro atoms. The quantitative estimate of drug-likeness (QED) is 0.683. The number of aryl methyl sites for hydroxylation is 1. The third kappa shape index (κ3) is 5.55. The van der Waals surface area contributed by atoms with Crippen LogP contribution in [0.2, 0.25) is 0 Å². The molecule has 1 amide bonds. The van der Waals surface area contributed by atoms with E-state index in [4.69, 9.17) is 5.11 Å². The van der Waals surface area contributed by atoms with E-state index >= 15 is 0 Å². The van der Waals surface area contributed by atoms with E-state index in [1.165, 1.54) is 0 Å². The number of nitrogens with one attached hydrogen (secondary N) is 2. The third-order valence-electron chi connectivity index (χ3n) is 3.43. The molecular weight excluding hydrogens is 268 g/mol. The van der Waals surface area contributed by atoms with Crippen LogP contribution in [-0.2, 0) is 16.1 Å². The predicted molar refractivity (Wildman–Crippen MR) is 82.0 cm³/mol. The van der Waals surface area contributed by atoms with Crippen molar-refractivity contribution in [3.8, 4) is 0 Å². The standard InChI is InChI=1S/C16H24N2O3/c1-4-7-14(16(20)21)18-12(3)15(19)17-10-13-9-6-5-8-11(13)2/h5-6,8-9,12,14,18H,4,7,10H2,1-3H3,(H,17,19)(H,20,21). The van der Waals surface area contributed by atoms with E-state index in [2.05, 4.69) is 10.6 Å². The topological polar surface area (TPSA) is 78.4 Å². The number of rotatable bonds is 8. The summed E-state index contributed by atoms with van der Waals surface area (Å²) in [4.78, 5) is 23.1. The molecule has 0 aliphatic heterocycles. The van der Waals surface area contributed by atoms with Gasteiger partial charge in [-0.1, -0.05) is 37.6 Å². The van der Waals surface area contributed by atoms with Crippen LogP contribution in [-0.4, -0.2) is 29.1 Å². The molecule has 1 aromatic carbocycles.